The third-order valence-corrected chi connectivity index (χ3v) is 5.61. The summed E-state index contributed by atoms with van der Waals surface area (Å²) in [5.41, 5.74) is 2.01. The van der Waals surface area contributed by atoms with E-state index in [9.17, 15) is 4.39 Å². The molecule has 2 aromatic rings. The van der Waals surface area contributed by atoms with Crippen molar-refractivity contribution in [2.75, 3.05) is 61.2 Å². The molecule has 0 saturated carbocycles. The first-order valence-corrected chi connectivity index (χ1v) is 10.8. The molecule has 2 aromatic carbocycles. The molecule has 174 valence electrons. The molecular formula is C24H33FN4O3. The van der Waals surface area contributed by atoms with Crippen molar-refractivity contribution < 1.29 is 18.6 Å². The number of nitrogens with one attached hydrogen (secondary N) is 1. The van der Waals surface area contributed by atoms with Gasteiger partial charge in [-0.3, -0.25) is 9.89 Å². The Kier molecular flexibility index (Phi) is 8.70. The first-order chi connectivity index (χ1) is 15.5. The molecule has 1 atom stereocenters. The van der Waals surface area contributed by atoms with E-state index in [1.165, 1.54) is 6.07 Å². The van der Waals surface area contributed by atoms with Gasteiger partial charge in [-0.1, -0.05) is 18.2 Å². The van der Waals surface area contributed by atoms with E-state index >= 15 is 0 Å². The molecule has 0 bridgehead atoms. The number of aliphatic imine (C=N–C) groups is 1. The van der Waals surface area contributed by atoms with Crippen molar-refractivity contribution in [1.82, 2.24) is 15.1 Å². The fraction of sp³-hybridized carbons (Fsp3) is 0.458. The second-order valence-electron chi connectivity index (χ2n) is 7.69. The number of hydrogen-bond donors (Lipinski definition) is 1. The minimum Gasteiger partial charge on any atom is -0.493 e. The maximum Gasteiger partial charge on any atom is 0.193 e. The molecule has 1 aliphatic heterocycles. The van der Waals surface area contributed by atoms with Crippen LogP contribution in [0, 0.1) is 5.82 Å². The third kappa shape index (κ3) is 6.11. The average molecular weight is 445 g/mol. The van der Waals surface area contributed by atoms with Gasteiger partial charge in [-0.15, -0.1) is 0 Å². The van der Waals surface area contributed by atoms with Crippen LogP contribution < -0.4 is 14.8 Å². The van der Waals surface area contributed by atoms with Crippen molar-refractivity contribution in [3.05, 3.63) is 59.4 Å². The van der Waals surface area contributed by atoms with Crippen LogP contribution in [0.3, 0.4) is 0 Å². The minimum absolute atomic E-state index is 0.0954. The standard InChI is InChI=1S/C24H33FN4O3/c1-26-24(28(2)17-18-6-5-7-20(25)14-18)27-16-21(29-10-12-32-13-11-29)19-8-9-22(30-3)23(15-19)31-4/h5-9,14-15,21H,10-13,16-17H2,1-4H3,(H,26,27). The van der Waals surface area contributed by atoms with Gasteiger partial charge in [-0.25, -0.2) is 4.39 Å². The molecule has 1 N–H and O–H groups in total. The van der Waals surface area contributed by atoms with Crippen molar-refractivity contribution in [2.45, 2.75) is 12.6 Å². The van der Waals surface area contributed by atoms with E-state index < -0.39 is 0 Å². The number of ether oxygens (including phenoxy) is 3. The fourth-order valence-electron chi connectivity index (χ4n) is 3.96. The van der Waals surface area contributed by atoms with E-state index in [1.54, 1.807) is 33.4 Å². The zero-order chi connectivity index (χ0) is 22.9. The van der Waals surface area contributed by atoms with Gasteiger partial charge in [-0.05, 0) is 35.4 Å². The monoisotopic (exact) mass is 444 g/mol. The summed E-state index contributed by atoms with van der Waals surface area (Å²) in [4.78, 5) is 8.81. The van der Waals surface area contributed by atoms with Gasteiger partial charge in [0.05, 0.1) is 33.5 Å². The molecule has 8 heteroatoms. The second kappa shape index (κ2) is 11.7. The van der Waals surface area contributed by atoms with Crippen LogP contribution >= 0.6 is 0 Å². The Morgan fingerprint density at radius 1 is 1.16 bits per heavy atom. The Morgan fingerprint density at radius 3 is 2.56 bits per heavy atom. The molecule has 0 spiro atoms. The van der Waals surface area contributed by atoms with Crippen LogP contribution in [0.25, 0.3) is 0 Å². The Morgan fingerprint density at radius 2 is 1.91 bits per heavy atom. The lowest BCUT2D eigenvalue weighted by Gasteiger charge is -2.36. The lowest BCUT2D eigenvalue weighted by Crippen LogP contribution is -2.46. The minimum atomic E-state index is -0.236. The number of methoxy groups -OCH3 is 2. The molecule has 32 heavy (non-hydrogen) atoms. The first-order valence-electron chi connectivity index (χ1n) is 10.8. The Labute approximate surface area is 189 Å². The number of hydrogen-bond acceptors (Lipinski definition) is 5. The SMILES string of the molecule is CN=C(NCC(c1ccc(OC)c(OC)c1)N1CCOCC1)N(C)Cc1cccc(F)c1. The number of rotatable bonds is 8. The van der Waals surface area contributed by atoms with Crippen LogP contribution in [0.15, 0.2) is 47.5 Å². The molecule has 0 amide bonds. The van der Waals surface area contributed by atoms with E-state index in [1.807, 2.05) is 30.1 Å². The highest BCUT2D eigenvalue weighted by molar-refractivity contribution is 5.79. The van der Waals surface area contributed by atoms with Gasteiger partial charge in [0.15, 0.2) is 17.5 Å². The van der Waals surface area contributed by atoms with Gasteiger partial charge < -0.3 is 24.4 Å². The van der Waals surface area contributed by atoms with Gasteiger partial charge >= 0.3 is 0 Å². The molecule has 1 aliphatic rings. The first kappa shape index (κ1) is 23.8. The van der Waals surface area contributed by atoms with E-state index in [4.69, 9.17) is 14.2 Å². The summed E-state index contributed by atoms with van der Waals surface area (Å²) in [5, 5.41) is 3.49. The molecule has 3 rings (SSSR count). The van der Waals surface area contributed by atoms with Crippen LogP contribution in [0.1, 0.15) is 17.2 Å². The lowest BCUT2D eigenvalue weighted by atomic mass is 10.0. The molecule has 0 aliphatic carbocycles. The maximum atomic E-state index is 13.6. The molecule has 1 saturated heterocycles. The predicted molar refractivity (Wildman–Crippen MR) is 124 cm³/mol. The summed E-state index contributed by atoms with van der Waals surface area (Å²) in [6.07, 6.45) is 0. The highest BCUT2D eigenvalue weighted by atomic mass is 19.1. The normalized spacial score (nSPS) is 15.8. The van der Waals surface area contributed by atoms with Crippen molar-refractivity contribution in [1.29, 1.82) is 0 Å². The van der Waals surface area contributed by atoms with Crippen molar-refractivity contribution >= 4 is 5.96 Å². The molecule has 1 heterocycles. The Balaban J connectivity index is 1.75. The van der Waals surface area contributed by atoms with Gasteiger partial charge in [0.2, 0.25) is 0 Å². The molecule has 1 unspecified atom stereocenters. The van der Waals surface area contributed by atoms with Gasteiger partial charge in [0, 0.05) is 40.3 Å². The van der Waals surface area contributed by atoms with E-state index in [0.717, 1.165) is 30.2 Å². The van der Waals surface area contributed by atoms with Crippen molar-refractivity contribution in [3.63, 3.8) is 0 Å². The average Bonchev–Trinajstić information content (AvgIpc) is 2.82. The number of morpholine rings is 1. The highest BCUT2D eigenvalue weighted by Crippen LogP contribution is 2.32. The smallest absolute Gasteiger partial charge is 0.193 e. The molecule has 0 radical (unpaired) electrons. The molecular weight excluding hydrogens is 411 g/mol. The molecule has 7 nitrogen and oxygen atoms in total. The number of guanidine groups is 1. The summed E-state index contributed by atoms with van der Waals surface area (Å²) in [7, 11) is 6.98. The zero-order valence-electron chi connectivity index (χ0n) is 19.3. The van der Waals surface area contributed by atoms with Crippen LogP contribution in [0.5, 0.6) is 11.5 Å². The summed E-state index contributed by atoms with van der Waals surface area (Å²) in [5.74, 6) is 1.92. The third-order valence-electron chi connectivity index (χ3n) is 5.61. The Hall–Kier alpha value is -2.84. The fourth-order valence-corrected chi connectivity index (χ4v) is 3.96. The number of benzene rings is 2. The van der Waals surface area contributed by atoms with Crippen LogP contribution in [0.2, 0.25) is 0 Å². The van der Waals surface area contributed by atoms with Crippen LogP contribution in [-0.2, 0) is 11.3 Å². The largest absolute Gasteiger partial charge is 0.493 e. The van der Waals surface area contributed by atoms with Gasteiger partial charge in [0.1, 0.15) is 5.82 Å². The lowest BCUT2D eigenvalue weighted by molar-refractivity contribution is 0.0168. The Bertz CT molecular complexity index is 903. The zero-order valence-corrected chi connectivity index (χ0v) is 19.3. The van der Waals surface area contributed by atoms with E-state index in [-0.39, 0.29) is 11.9 Å². The quantitative estimate of drug-likeness (QED) is 0.499. The van der Waals surface area contributed by atoms with Crippen molar-refractivity contribution in [2.24, 2.45) is 4.99 Å². The summed E-state index contributed by atoms with van der Waals surface area (Å²) < 4.78 is 30.0. The van der Waals surface area contributed by atoms with Gasteiger partial charge in [0.25, 0.3) is 0 Å². The van der Waals surface area contributed by atoms with Crippen LogP contribution in [0.4, 0.5) is 4.39 Å². The van der Waals surface area contributed by atoms with Crippen LogP contribution in [-0.4, -0.2) is 76.9 Å². The maximum absolute atomic E-state index is 13.6. The van der Waals surface area contributed by atoms with E-state index in [2.05, 4.69) is 21.3 Å². The number of halogens is 1. The topological polar surface area (TPSA) is 58.6 Å². The molecule has 0 aromatic heterocycles. The highest BCUT2D eigenvalue weighted by Gasteiger charge is 2.24. The molecule has 1 fully saturated rings. The van der Waals surface area contributed by atoms with Gasteiger partial charge in [-0.2, -0.15) is 0 Å². The summed E-state index contributed by atoms with van der Waals surface area (Å²) >= 11 is 0. The summed E-state index contributed by atoms with van der Waals surface area (Å²) in [6.45, 7) is 4.30. The van der Waals surface area contributed by atoms with E-state index in [0.29, 0.717) is 37.8 Å². The second-order valence-corrected chi connectivity index (χ2v) is 7.69. The predicted octanol–water partition coefficient (Wildman–Crippen LogP) is 2.92. The summed E-state index contributed by atoms with van der Waals surface area (Å²) in [6, 6.07) is 12.8. The van der Waals surface area contributed by atoms with Crippen molar-refractivity contribution in [3.8, 4) is 11.5 Å². The number of nitrogens with zero attached hydrogens (tertiary/aromatic N) is 3.